The molecule has 5 heteroatoms. The van der Waals surface area contributed by atoms with Crippen molar-refractivity contribution in [1.29, 1.82) is 0 Å². The monoisotopic (exact) mass is 335 g/mol. The minimum atomic E-state index is 0.417. The minimum Gasteiger partial charge on any atom is -0.351 e. The molecule has 0 aliphatic carbocycles. The van der Waals surface area contributed by atoms with E-state index in [1.165, 1.54) is 5.56 Å². The summed E-state index contributed by atoms with van der Waals surface area (Å²) in [5.74, 6) is 1.05. The number of benzene rings is 1. The molecule has 4 rings (SSSR count). The molecule has 0 spiro atoms. The molecule has 0 amide bonds. The summed E-state index contributed by atoms with van der Waals surface area (Å²) in [5.41, 5.74) is 3.51. The molecular formula is C20H25N5. The van der Waals surface area contributed by atoms with Crippen molar-refractivity contribution < 1.29 is 0 Å². The van der Waals surface area contributed by atoms with Gasteiger partial charge in [-0.05, 0) is 31.9 Å². The molecule has 1 atom stereocenters. The zero-order chi connectivity index (χ0) is 17.2. The fourth-order valence-corrected chi connectivity index (χ4v) is 3.80. The van der Waals surface area contributed by atoms with Gasteiger partial charge in [0.15, 0.2) is 5.82 Å². The van der Waals surface area contributed by atoms with Crippen LogP contribution >= 0.6 is 0 Å². The van der Waals surface area contributed by atoms with Gasteiger partial charge in [-0.25, -0.2) is 9.50 Å². The summed E-state index contributed by atoms with van der Waals surface area (Å²) in [6.45, 7) is 8.55. The average Bonchev–Trinajstić information content (AvgIpc) is 2.90. The Bertz CT molecular complexity index is 842. The second-order valence-corrected chi connectivity index (χ2v) is 6.98. The van der Waals surface area contributed by atoms with Gasteiger partial charge in [-0.1, -0.05) is 30.3 Å². The van der Waals surface area contributed by atoms with Gasteiger partial charge < -0.3 is 4.90 Å². The molecule has 0 saturated carbocycles. The number of anilines is 1. The standard InChI is InChI=1S/C20H25N5/c1-16-13-19-20(21-9-12-25(19)22-16)24-11-6-10-23(14-17(24)2)15-18-7-4-3-5-8-18/h3-5,7-9,12-13,17H,6,10-11,14-15H2,1-2H3. The Morgan fingerprint density at radius 1 is 1.16 bits per heavy atom. The molecule has 1 aliphatic heterocycles. The van der Waals surface area contributed by atoms with Crippen LogP contribution in [0.4, 0.5) is 5.82 Å². The van der Waals surface area contributed by atoms with Crippen molar-refractivity contribution in [2.75, 3.05) is 24.5 Å². The highest BCUT2D eigenvalue weighted by Crippen LogP contribution is 2.24. The second kappa shape index (κ2) is 6.84. The summed E-state index contributed by atoms with van der Waals surface area (Å²) >= 11 is 0. The smallest absolute Gasteiger partial charge is 0.154 e. The lowest BCUT2D eigenvalue weighted by atomic mass is 10.2. The Labute approximate surface area is 148 Å². The maximum Gasteiger partial charge on any atom is 0.154 e. The van der Waals surface area contributed by atoms with Crippen molar-refractivity contribution >= 4 is 11.3 Å². The molecule has 1 saturated heterocycles. The molecular weight excluding hydrogens is 310 g/mol. The third kappa shape index (κ3) is 3.37. The van der Waals surface area contributed by atoms with Gasteiger partial charge in [0, 0.05) is 44.6 Å². The number of hydrogen-bond donors (Lipinski definition) is 0. The van der Waals surface area contributed by atoms with E-state index in [0.717, 1.165) is 49.6 Å². The number of aromatic nitrogens is 3. The van der Waals surface area contributed by atoms with E-state index in [-0.39, 0.29) is 0 Å². The van der Waals surface area contributed by atoms with Gasteiger partial charge in [0.25, 0.3) is 0 Å². The molecule has 5 nitrogen and oxygen atoms in total. The SMILES string of the molecule is Cc1cc2c(N3CCCN(Cc4ccccc4)CC3C)nccn2n1. The Morgan fingerprint density at radius 2 is 2.00 bits per heavy atom. The Morgan fingerprint density at radius 3 is 2.84 bits per heavy atom. The summed E-state index contributed by atoms with van der Waals surface area (Å²) < 4.78 is 1.94. The normalized spacial score (nSPS) is 19.3. The first kappa shape index (κ1) is 16.1. The molecule has 1 aromatic carbocycles. The Kier molecular flexibility index (Phi) is 4.40. The summed E-state index contributed by atoms with van der Waals surface area (Å²) in [4.78, 5) is 9.69. The van der Waals surface area contributed by atoms with Gasteiger partial charge in [0.05, 0.1) is 5.69 Å². The van der Waals surface area contributed by atoms with E-state index in [2.05, 4.69) is 58.2 Å². The molecule has 1 aliphatic rings. The quantitative estimate of drug-likeness (QED) is 0.737. The summed E-state index contributed by atoms with van der Waals surface area (Å²) in [7, 11) is 0. The van der Waals surface area contributed by atoms with Gasteiger partial charge in [-0.3, -0.25) is 4.90 Å². The van der Waals surface area contributed by atoms with Crippen molar-refractivity contribution in [3.8, 4) is 0 Å². The fourth-order valence-electron chi connectivity index (χ4n) is 3.80. The molecule has 1 fully saturated rings. The van der Waals surface area contributed by atoms with Gasteiger partial charge in [0.1, 0.15) is 5.52 Å². The molecule has 1 unspecified atom stereocenters. The first-order chi connectivity index (χ1) is 12.2. The third-order valence-electron chi connectivity index (χ3n) is 4.94. The van der Waals surface area contributed by atoms with E-state index in [9.17, 15) is 0 Å². The Balaban J connectivity index is 1.55. The minimum absolute atomic E-state index is 0.417. The van der Waals surface area contributed by atoms with Gasteiger partial charge in [0.2, 0.25) is 0 Å². The van der Waals surface area contributed by atoms with Crippen LogP contribution in [-0.4, -0.2) is 45.2 Å². The van der Waals surface area contributed by atoms with E-state index in [1.54, 1.807) is 0 Å². The molecule has 0 radical (unpaired) electrons. The predicted molar refractivity (Wildman–Crippen MR) is 101 cm³/mol. The van der Waals surface area contributed by atoms with Crippen molar-refractivity contribution in [2.45, 2.75) is 32.9 Å². The molecule has 2 aromatic heterocycles. The first-order valence-corrected chi connectivity index (χ1v) is 9.04. The topological polar surface area (TPSA) is 36.7 Å². The highest BCUT2D eigenvalue weighted by atomic mass is 15.3. The van der Waals surface area contributed by atoms with Crippen LogP contribution in [0.2, 0.25) is 0 Å². The first-order valence-electron chi connectivity index (χ1n) is 9.04. The zero-order valence-corrected chi connectivity index (χ0v) is 15.0. The molecule has 25 heavy (non-hydrogen) atoms. The van der Waals surface area contributed by atoms with Crippen LogP contribution < -0.4 is 4.90 Å². The van der Waals surface area contributed by atoms with E-state index in [0.29, 0.717) is 6.04 Å². The van der Waals surface area contributed by atoms with E-state index in [4.69, 9.17) is 4.98 Å². The van der Waals surface area contributed by atoms with Crippen LogP contribution in [0.5, 0.6) is 0 Å². The van der Waals surface area contributed by atoms with Crippen LogP contribution in [0.1, 0.15) is 24.6 Å². The summed E-state index contributed by atoms with van der Waals surface area (Å²) in [6, 6.07) is 13.3. The van der Waals surface area contributed by atoms with Crippen molar-refractivity contribution in [1.82, 2.24) is 19.5 Å². The second-order valence-electron chi connectivity index (χ2n) is 6.98. The maximum absolute atomic E-state index is 4.69. The lowest BCUT2D eigenvalue weighted by molar-refractivity contribution is 0.268. The van der Waals surface area contributed by atoms with Crippen molar-refractivity contribution in [3.05, 3.63) is 60.0 Å². The number of hydrogen-bond acceptors (Lipinski definition) is 4. The zero-order valence-electron chi connectivity index (χ0n) is 15.0. The highest BCUT2D eigenvalue weighted by molar-refractivity contribution is 5.69. The average molecular weight is 335 g/mol. The molecule has 0 N–H and O–H groups in total. The van der Waals surface area contributed by atoms with Crippen LogP contribution in [-0.2, 0) is 6.54 Å². The molecule has 3 heterocycles. The van der Waals surface area contributed by atoms with E-state index < -0.39 is 0 Å². The third-order valence-corrected chi connectivity index (χ3v) is 4.94. The number of fused-ring (bicyclic) bond motifs is 1. The largest absolute Gasteiger partial charge is 0.351 e. The van der Waals surface area contributed by atoms with Crippen LogP contribution in [0.15, 0.2) is 48.8 Å². The number of aryl methyl sites for hydroxylation is 1. The van der Waals surface area contributed by atoms with E-state index in [1.807, 2.05) is 23.8 Å². The number of rotatable bonds is 3. The fraction of sp³-hybridized carbons (Fsp3) is 0.400. The number of nitrogens with zero attached hydrogens (tertiary/aromatic N) is 5. The van der Waals surface area contributed by atoms with Crippen molar-refractivity contribution in [3.63, 3.8) is 0 Å². The molecule has 3 aromatic rings. The van der Waals surface area contributed by atoms with Crippen molar-refractivity contribution in [2.24, 2.45) is 0 Å². The predicted octanol–water partition coefficient (Wildman–Crippen LogP) is 3.14. The van der Waals surface area contributed by atoms with Crippen LogP contribution in [0, 0.1) is 6.92 Å². The lowest BCUT2D eigenvalue weighted by Gasteiger charge is -2.30. The van der Waals surface area contributed by atoms with Crippen LogP contribution in [0.3, 0.4) is 0 Å². The van der Waals surface area contributed by atoms with Gasteiger partial charge in [-0.2, -0.15) is 5.10 Å². The maximum atomic E-state index is 4.69. The van der Waals surface area contributed by atoms with E-state index >= 15 is 0 Å². The Hall–Kier alpha value is -2.40. The molecule has 130 valence electrons. The van der Waals surface area contributed by atoms with Crippen LogP contribution in [0.25, 0.3) is 5.52 Å². The van der Waals surface area contributed by atoms with Gasteiger partial charge in [-0.15, -0.1) is 0 Å². The summed E-state index contributed by atoms with van der Waals surface area (Å²) in [5, 5.41) is 4.53. The summed E-state index contributed by atoms with van der Waals surface area (Å²) in [6.07, 6.45) is 4.93. The lowest BCUT2D eigenvalue weighted by Crippen LogP contribution is -2.39. The molecule has 0 bridgehead atoms. The van der Waals surface area contributed by atoms with Gasteiger partial charge >= 0.3 is 0 Å². The highest BCUT2D eigenvalue weighted by Gasteiger charge is 2.24.